The predicted octanol–water partition coefficient (Wildman–Crippen LogP) is 2.01. The molecule has 0 heterocycles. The lowest BCUT2D eigenvalue weighted by molar-refractivity contribution is 0.630. The van der Waals surface area contributed by atoms with Crippen molar-refractivity contribution in [3.8, 4) is 0 Å². The average molecular weight is 83.2 g/mol. The van der Waals surface area contributed by atoms with Gasteiger partial charge in [0.15, 0.2) is 0 Å². The molecule has 0 aliphatic rings. The van der Waals surface area contributed by atoms with Crippen LogP contribution in [0.4, 0.5) is 0 Å². The second kappa shape index (κ2) is 3.20. The lowest BCUT2D eigenvalue weighted by atomic mass is 10.1. The SMILES string of the molecule is [C]C(C)CCC. The van der Waals surface area contributed by atoms with E-state index in [-0.39, 0.29) is 5.92 Å². The van der Waals surface area contributed by atoms with Crippen molar-refractivity contribution >= 4 is 0 Å². The summed E-state index contributed by atoms with van der Waals surface area (Å²) < 4.78 is 0. The zero-order valence-corrected chi connectivity index (χ0v) is 4.49. The average Bonchev–Trinajstić information content (AvgIpc) is 1.35. The predicted molar refractivity (Wildman–Crippen MR) is 27.3 cm³/mol. The Labute approximate surface area is 40.6 Å². The molecule has 0 aliphatic carbocycles. The number of rotatable bonds is 2. The Bertz CT molecular complexity index is 21.2. The van der Waals surface area contributed by atoms with E-state index in [4.69, 9.17) is 6.92 Å². The first-order chi connectivity index (χ1) is 2.77. The Kier molecular flexibility index (Phi) is 3.20. The molecule has 3 radical (unpaired) electrons. The van der Waals surface area contributed by atoms with Crippen LogP contribution in [-0.4, -0.2) is 0 Å². The fraction of sp³-hybridized carbons (Fsp3) is 0.833. The molecular formula is C6H11. The van der Waals surface area contributed by atoms with Crippen molar-refractivity contribution in [2.75, 3.05) is 0 Å². The maximum absolute atomic E-state index is 6.98. The van der Waals surface area contributed by atoms with Crippen LogP contribution in [-0.2, 0) is 0 Å². The lowest BCUT2D eigenvalue weighted by Crippen LogP contribution is -1.82. The van der Waals surface area contributed by atoms with Crippen LogP contribution in [0.5, 0.6) is 0 Å². The maximum Gasteiger partial charge on any atom is -0.00597 e. The Morgan fingerprint density at radius 1 is 1.67 bits per heavy atom. The Morgan fingerprint density at radius 2 is 2.17 bits per heavy atom. The van der Waals surface area contributed by atoms with Gasteiger partial charge in [-0.2, -0.15) is 0 Å². The van der Waals surface area contributed by atoms with Crippen molar-refractivity contribution < 1.29 is 0 Å². The summed E-state index contributed by atoms with van der Waals surface area (Å²) in [5, 5.41) is 0. The summed E-state index contributed by atoms with van der Waals surface area (Å²) in [5.74, 6) is 0.148. The highest BCUT2D eigenvalue weighted by Crippen LogP contribution is 1.99. The fourth-order valence-electron chi connectivity index (χ4n) is 0.433. The van der Waals surface area contributed by atoms with Crippen LogP contribution in [0, 0.1) is 12.8 Å². The number of hydrogen-bond donors (Lipinski definition) is 0. The third kappa shape index (κ3) is 4.00. The summed E-state index contributed by atoms with van der Waals surface area (Å²) in [4.78, 5) is 0. The molecule has 0 saturated carbocycles. The van der Waals surface area contributed by atoms with Crippen LogP contribution >= 0.6 is 0 Å². The van der Waals surface area contributed by atoms with Crippen molar-refractivity contribution in [2.24, 2.45) is 5.92 Å². The van der Waals surface area contributed by atoms with Crippen molar-refractivity contribution in [3.63, 3.8) is 0 Å². The minimum atomic E-state index is 0.148. The minimum Gasteiger partial charge on any atom is -0.0654 e. The fourth-order valence-corrected chi connectivity index (χ4v) is 0.433. The van der Waals surface area contributed by atoms with Gasteiger partial charge in [0.05, 0.1) is 0 Å². The van der Waals surface area contributed by atoms with Crippen LogP contribution in [0.25, 0.3) is 0 Å². The van der Waals surface area contributed by atoms with Gasteiger partial charge in [0.1, 0.15) is 0 Å². The zero-order chi connectivity index (χ0) is 4.99. The molecule has 0 bridgehead atoms. The van der Waals surface area contributed by atoms with Gasteiger partial charge in [0.25, 0.3) is 0 Å². The van der Waals surface area contributed by atoms with Crippen molar-refractivity contribution in [1.82, 2.24) is 0 Å². The molecule has 0 spiro atoms. The monoisotopic (exact) mass is 83.1 g/mol. The van der Waals surface area contributed by atoms with Crippen molar-refractivity contribution in [2.45, 2.75) is 26.7 Å². The smallest absolute Gasteiger partial charge is 0.00597 e. The summed E-state index contributed by atoms with van der Waals surface area (Å²) in [7, 11) is 0. The van der Waals surface area contributed by atoms with Gasteiger partial charge in [-0.25, -0.2) is 0 Å². The van der Waals surface area contributed by atoms with Gasteiger partial charge in [-0.15, -0.1) is 0 Å². The van der Waals surface area contributed by atoms with E-state index in [1.165, 1.54) is 0 Å². The third-order valence-electron chi connectivity index (χ3n) is 0.722. The highest BCUT2D eigenvalue weighted by molar-refractivity contribution is 4.50. The molecule has 0 nitrogen and oxygen atoms in total. The molecule has 1 atom stereocenters. The van der Waals surface area contributed by atoms with Gasteiger partial charge in [0.2, 0.25) is 0 Å². The van der Waals surface area contributed by atoms with E-state index in [0.29, 0.717) is 0 Å². The summed E-state index contributed by atoms with van der Waals surface area (Å²) in [6.45, 7) is 11.0. The van der Waals surface area contributed by atoms with Crippen LogP contribution in [0.3, 0.4) is 0 Å². The molecule has 6 heavy (non-hydrogen) atoms. The largest absolute Gasteiger partial charge is 0.0654 e. The van der Waals surface area contributed by atoms with E-state index in [1.807, 2.05) is 6.92 Å². The third-order valence-corrected chi connectivity index (χ3v) is 0.722. The van der Waals surface area contributed by atoms with E-state index in [2.05, 4.69) is 6.92 Å². The molecular weight excluding hydrogens is 72.1 g/mol. The van der Waals surface area contributed by atoms with Crippen molar-refractivity contribution in [1.29, 1.82) is 0 Å². The van der Waals surface area contributed by atoms with E-state index in [0.717, 1.165) is 12.8 Å². The lowest BCUT2D eigenvalue weighted by Gasteiger charge is -1.94. The Hall–Kier alpha value is 0. The molecule has 0 N–H and O–H groups in total. The molecule has 0 fully saturated rings. The van der Waals surface area contributed by atoms with Crippen molar-refractivity contribution in [3.05, 3.63) is 6.92 Å². The molecule has 0 aromatic carbocycles. The highest BCUT2D eigenvalue weighted by Gasteiger charge is 1.86. The van der Waals surface area contributed by atoms with E-state index in [9.17, 15) is 0 Å². The first kappa shape index (κ1) is 6.00. The maximum atomic E-state index is 6.98. The quantitative estimate of drug-likeness (QED) is 0.479. The molecule has 0 saturated heterocycles. The topological polar surface area (TPSA) is 0 Å². The Balaban J connectivity index is 2.63. The molecule has 0 aromatic heterocycles. The van der Waals surface area contributed by atoms with Gasteiger partial charge in [-0.1, -0.05) is 26.7 Å². The molecule has 1 unspecified atom stereocenters. The van der Waals surface area contributed by atoms with Gasteiger partial charge < -0.3 is 0 Å². The summed E-state index contributed by atoms with van der Waals surface area (Å²) in [6, 6.07) is 0. The molecule has 0 aromatic rings. The van der Waals surface area contributed by atoms with E-state index < -0.39 is 0 Å². The van der Waals surface area contributed by atoms with Crippen LogP contribution < -0.4 is 0 Å². The highest BCUT2D eigenvalue weighted by atomic mass is 13.9. The summed E-state index contributed by atoms with van der Waals surface area (Å²) in [6.07, 6.45) is 2.19. The van der Waals surface area contributed by atoms with Crippen LogP contribution in [0.15, 0.2) is 0 Å². The number of hydrogen-bond acceptors (Lipinski definition) is 0. The molecule has 35 valence electrons. The van der Waals surface area contributed by atoms with E-state index >= 15 is 0 Å². The van der Waals surface area contributed by atoms with E-state index in [1.54, 1.807) is 0 Å². The van der Waals surface area contributed by atoms with Gasteiger partial charge in [0, 0.05) is 0 Å². The molecule has 0 heteroatoms. The van der Waals surface area contributed by atoms with Crippen LogP contribution in [0.2, 0.25) is 0 Å². The second-order valence-corrected chi connectivity index (χ2v) is 1.69. The molecule has 0 amide bonds. The Morgan fingerprint density at radius 3 is 2.17 bits per heavy atom. The van der Waals surface area contributed by atoms with Gasteiger partial charge >= 0.3 is 0 Å². The zero-order valence-electron chi connectivity index (χ0n) is 4.49. The summed E-state index contributed by atoms with van der Waals surface area (Å²) in [5.41, 5.74) is 0. The normalized spacial score (nSPS) is 10.0. The standard InChI is InChI=1S/C6H11/c1-4-5-6(2)3/h6H,4-5H2,1-2H3. The van der Waals surface area contributed by atoms with Crippen LogP contribution in [0.1, 0.15) is 26.7 Å². The molecule has 0 rings (SSSR count). The first-order valence-corrected chi connectivity index (χ1v) is 2.48. The van der Waals surface area contributed by atoms with Gasteiger partial charge in [-0.3, -0.25) is 0 Å². The first-order valence-electron chi connectivity index (χ1n) is 2.48. The summed E-state index contributed by atoms with van der Waals surface area (Å²) >= 11 is 0. The minimum absolute atomic E-state index is 0.148. The second-order valence-electron chi connectivity index (χ2n) is 1.69. The molecule has 0 aliphatic heterocycles. The van der Waals surface area contributed by atoms with Gasteiger partial charge in [-0.05, 0) is 12.8 Å².